The summed E-state index contributed by atoms with van der Waals surface area (Å²) in [7, 11) is 0. The van der Waals surface area contributed by atoms with Crippen molar-refractivity contribution in [2.75, 3.05) is 6.61 Å². The molecule has 1 atom stereocenters. The van der Waals surface area contributed by atoms with E-state index in [4.69, 9.17) is 4.74 Å². The summed E-state index contributed by atoms with van der Waals surface area (Å²) in [6.45, 7) is 2.42. The fourth-order valence-corrected chi connectivity index (χ4v) is 2.94. The Kier molecular flexibility index (Phi) is 5.07. The zero-order valence-corrected chi connectivity index (χ0v) is 14.2. The minimum Gasteiger partial charge on any atom is -0.491 e. The van der Waals surface area contributed by atoms with Crippen LogP contribution in [-0.2, 0) is 9.59 Å². The molecule has 2 aliphatic rings. The van der Waals surface area contributed by atoms with Gasteiger partial charge in [0.1, 0.15) is 17.8 Å². The first-order valence-corrected chi connectivity index (χ1v) is 8.94. The van der Waals surface area contributed by atoms with Crippen molar-refractivity contribution in [3.63, 3.8) is 0 Å². The lowest BCUT2D eigenvalue weighted by molar-refractivity contribution is -0.150. The normalized spacial score (nSPS) is 19.7. The Balaban J connectivity index is 1.55. The largest absolute Gasteiger partial charge is 0.491 e. The van der Waals surface area contributed by atoms with Gasteiger partial charge in [-0.1, -0.05) is 31.5 Å². The minimum absolute atomic E-state index is 0.0902. The topological polar surface area (TPSA) is 67.4 Å². The van der Waals surface area contributed by atoms with Gasteiger partial charge < -0.3 is 15.4 Å². The Morgan fingerprint density at radius 3 is 2.46 bits per heavy atom. The van der Waals surface area contributed by atoms with Gasteiger partial charge in [0.2, 0.25) is 11.8 Å². The van der Waals surface area contributed by atoms with Crippen LogP contribution in [0.4, 0.5) is 0 Å². The molecule has 0 radical (unpaired) electrons. The minimum atomic E-state index is -0.858. The van der Waals surface area contributed by atoms with Gasteiger partial charge in [0.25, 0.3) is 0 Å². The average Bonchev–Trinajstić information content (AvgIpc) is 3.35. The molecule has 5 heteroatoms. The summed E-state index contributed by atoms with van der Waals surface area (Å²) in [6, 6.07) is 9.75. The van der Waals surface area contributed by atoms with Crippen molar-refractivity contribution in [2.24, 2.45) is 5.41 Å². The van der Waals surface area contributed by atoms with Crippen LogP contribution in [0, 0.1) is 5.41 Å². The number of hydrogen-bond donors (Lipinski definition) is 2. The lowest BCUT2D eigenvalue weighted by Crippen LogP contribution is -2.57. The molecule has 1 aromatic carbocycles. The van der Waals surface area contributed by atoms with E-state index in [2.05, 4.69) is 10.6 Å². The van der Waals surface area contributed by atoms with Crippen molar-refractivity contribution < 1.29 is 14.3 Å². The van der Waals surface area contributed by atoms with E-state index in [-0.39, 0.29) is 23.9 Å². The molecule has 2 fully saturated rings. The van der Waals surface area contributed by atoms with Crippen molar-refractivity contribution in [1.82, 2.24) is 10.6 Å². The smallest absolute Gasteiger partial charge is 0.236 e. The molecule has 2 saturated carbocycles. The Morgan fingerprint density at radius 2 is 1.92 bits per heavy atom. The number of carbonyl (C=O) groups excluding carboxylic acids is 2. The molecule has 2 N–H and O–H groups in total. The lowest BCUT2D eigenvalue weighted by Gasteiger charge is -2.39. The van der Waals surface area contributed by atoms with Gasteiger partial charge in [-0.25, -0.2) is 0 Å². The van der Waals surface area contributed by atoms with Gasteiger partial charge in [-0.15, -0.1) is 0 Å². The molecule has 0 spiro atoms. The number of benzene rings is 1. The number of ether oxygens (including phenoxy) is 1. The molecular formula is C19H26N2O3. The maximum atomic E-state index is 12.7. The summed E-state index contributed by atoms with van der Waals surface area (Å²) < 4.78 is 5.74. The highest BCUT2D eigenvalue weighted by Crippen LogP contribution is 2.42. The SMILES string of the molecule is CC[C@@H](COc1ccccc1)NC(=O)C1(C(=O)NC2CC2)CCC1. The molecule has 0 saturated heterocycles. The number of hydrogen-bond acceptors (Lipinski definition) is 3. The van der Waals surface area contributed by atoms with Crippen molar-refractivity contribution >= 4 is 11.8 Å². The summed E-state index contributed by atoms with van der Waals surface area (Å²) in [5.74, 6) is 0.554. The number of amides is 2. The van der Waals surface area contributed by atoms with Crippen LogP contribution in [0.3, 0.4) is 0 Å². The third kappa shape index (κ3) is 3.71. The van der Waals surface area contributed by atoms with E-state index in [1.54, 1.807) is 0 Å². The van der Waals surface area contributed by atoms with E-state index in [1.165, 1.54) is 0 Å². The zero-order valence-electron chi connectivity index (χ0n) is 14.2. The van der Waals surface area contributed by atoms with Crippen molar-refractivity contribution in [3.05, 3.63) is 30.3 Å². The van der Waals surface area contributed by atoms with Crippen molar-refractivity contribution in [2.45, 2.75) is 57.5 Å². The second-order valence-corrected chi connectivity index (χ2v) is 6.89. The molecule has 3 rings (SSSR count). The second-order valence-electron chi connectivity index (χ2n) is 6.89. The van der Waals surface area contributed by atoms with Gasteiger partial charge in [-0.2, -0.15) is 0 Å². The molecule has 24 heavy (non-hydrogen) atoms. The third-order valence-corrected chi connectivity index (χ3v) is 5.01. The maximum absolute atomic E-state index is 12.7. The Labute approximate surface area is 143 Å². The molecule has 0 unspecified atom stereocenters. The van der Waals surface area contributed by atoms with Crippen LogP contribution in [0.2, 0.25) is 0 Å². The standard InChI is InChI=1S/C19H26N2O3/c1-2-14(13-24-16-7-4-3-5-8-16)20-17(22)19(11-6-12-19)18(23)21-15-9-10-15/h3-5,7-8,14-15H,2,6,9-13H2,1H3,(H,20,22)(H,21,23)/t14-/m0/s1. The summed E-state index contributed by atoms with van der Waals surface area (Å²) >= 11 is 0. The molecule has 0 heterocycles. The van der Waals surface area contributed by atoms with Crippen LogP contribution >= 0.6 is 0 Å². The van der Waals surface area contributed by atoms with Gasteiger partial charge in [-0.3, -0.25) is 9.59 Å². The van der Waals surface area contributed by atoms with E-state index in [0.717, 1.165) is 31.4 Å². The zero-order chi connectivity index (χ0) is 17.0. The summed E-state index contributed by atoms with van der Waals surface area (Å²) in [6.07, 6.45) is 5.06. The fourth-order valence-electron chi connectivity index (χ4n) is 2.94. The number of carbonyl (C=O) groups is 2. The van der Waals surface area contributed by atoms with Gasteiger partial charge in [0.05, 0.1) is 6.04 Å². The molecule has 130 valence electrons. The van der Waals surface area contributed by atoms with Crippen LogP contribution in [0.1, 0.15) is 45.4 Å². The third-order valence-electron chi connectivity index (χ3n) is 5.01. The number of rotatable bonds is 8. The molecule has 1 aromatic rings. The Bertz CT molecular complexity index is 580. The molecule has 0 bridgehead atoms. The lowest BCUT2D eigenvalue weighted by atomic mass is 9.67. The summed E-state index contributed by atoms with van der Waals surface area (Å²) in [4.78, 5) is 25.2. The highest BCUT2D eigenvalue weighted by molar-refractivity contribution is 6.06. The number of para-hydroxylation sites is 1. The molecule has 2 amide bonds. The van der Waals surface area contributed by atoms with Gasteiger partial charge in [-0.05, 0) is 44.2 Å². The van der Waals surface area contributed by atoms with Crippen LogP contribution in [0.15, 0.2) is 30.3 Å². The first-order chi connectivity index (χ1) is 11.6. The van der Waals surface area contributed by atoms with Gasteiger partial charge >= 0.3 is 0 Å². The average molecular weight is 330 g/mol. The molecule has 5 nitrogen and oxygen atoms in total. The predicted octanol–water partition coefficient (Wildman–Crippen LogP) is 2.41. The number of nitrogens with one attached hydrogen (secondary N) is 2. The van der Waals surface area contributed by atoms with E-state index in [1.807, 2.05) is 37.3 Å². The van der Waals surface area contributed by atoms with Crippen molar-refractivity contribution in [1.29, 1.82) is 0 Å². The molecule has 2 aliphatic carbocycles. The maximum Gasteiger partial charge on any atom is 0.236 e. The molecule has 0 aliphatic heterocycles. The Morgan fingerprint density at radius 1 is 1.21 bits per heavy atom. The van der Waals surface area contributed by atoms with E-state index >= 15 is 0 Å². The molecule has 0 aromatic heterocycles. The van der Waals surface area contributed by atoms with Crippen LogP contribution in [-0.4, -0.2) is 30.5 Å². The van der Waals surface area contributed by atoms with Crippen molar-refractivity contribution in [3.8, 4) is 5.75 Å². The summed E-state index contributed by atoms with van der Waals surface area (Å²) in [5.41, 5.74) is -0.858. The molecular weight excluding hydrogens is 304 g/mol. The summed E-state index contributed by atoms with van der Waals surface area (Å²) in [5, 5.41) is 6.03. The first-order valence-electron chi connectivity index (χ1n) is 8.94. The highest BCUT2D eigenvalue weighted by atomic mass is 16.5. The predicted molar refractivity (Wildman–Crippen MR) is 91.6 cm³/mol. The second kappa shape index (κ2) is 7.24. The fraction of sp³-hybridized carbons (Fsp3) is 0.579. The van der Waals surface area contributed by atoms with Crippen LogP contribution < -0.4 is 15.4 Å². The van der Waals surface area contributed by atoms with Gasteiger partial charge in [0, 0.05) is 6.04 Å². The first kappa shape index (κ1) is 16.8. The van der Waals surface area contributed by atoms with Crippen LogP contribution in [0.25, 0.3) is 0 Å². The van der Waals surface area contributed by atoms with E-state index in [9.17, 15) is 9.59 Å². The quantitative estimate of drug-likeness (QED) is 0.719. The monoisotopic (exact) mass is 330 g/mol. The van der Waals surface area contributed by atoms with Gasteiger partial charge in [0.15, 0.2) is 0 Å². The highest BCUT2D eigenvalue weighted by Gasteiger charge is 2.51. The van der Waals surface area contributed by atoms with Crippen LogP contribution in [0.5, 0.6) is 5.75 Å². The van der Waals surface area contributed by atoms with E-state index < -0.39 is 5.41 Å². The van der Waals surface area contributed by atoms with E-state index in [0.29, 0.717) is 19.4 Å². The Hall–Kier alpha value is -2.04.